The van der Waals surface area contributed by atoms with Gasteiger partial charge in [0.1, 0.15) is 6.04 Å². The third-order valence-electron chi connectivity index (χ3n) is 4.25. The van der Waals surface area contributed by atoms with Crippen molar-refractivity contribution >= 4 is 16.2 Å². The zero-order valence-corrected chi connectivity index (χ0v) is 13.2. The lowest BCUT2D eigenvalue weighted by Gasteiger charge is -2.39. The molecule has 0 bridgehead atoms. The summed E-state index contributed by atoms with van der Waals surface area (Å²) in [5.74, 6) is -0.865. The van der Waals surface area contributed by atoms with Gasteiger partial charge in [0.25, 0.3) is 10.2 Å². The molecule has 2 saturated heterocycles. The lowest BCUT2D eigenvalue weighted by atomic mass is 10.0. The molecule has 122 valence electrons. The molecule has 2 fully saturated rings. The van der Waals surface area contributed by atoms with Gasteiger partial charge in [-0.1, -0.05) is 0 Å². The fourth-order valence-corrected chi connectivity index (χ4v) is 5.12. The molecule has 2 atom stereocenters. The molecule has 2 aliphatic heterocycles. The van der Waals surface area contributed by atoms with E-state index in [4.69, 9.17) is 4.74 Å². The van der Waals surface area contributed by atoms with Crippen LogP contribution in [-0.2, 0) is 19.7 Å². The Labute approximate surface area is 126 Å². The summed E-state index contributed by atoms with van der Waals surface area (Å²) in [6, 6.07) is -0.924. The van der Waals surface area contributed by atoms with Crippen LogP contribution in [0.1, 0.15) is 32.1 Å². The molecule has 0 radical (unpaired) electrons. The lowest BCUT2D eigenvalue weighted by Crippen LogP contribution is -2.55. The van der Waals surface area contributed by atoms with E-state index in [0.717, 1.165) is 25.7 Å². The summed E-state index contributed by atoms with van der Waals surface area (Å²) in [5, 5.41) is 9.26. The van der Waals surface area contributed by atoms with Gasteiger partial charge in [-0.05, 0) is 38.0 Å². The Balaban J connectivity index is 2.13. The highest BCUT2D eigenvalue weighted by Gasteiger charge is 2.41. The average molecular weight is 320 g/mol. The van der Waals surface area contributed by atoms with E-state index in [1.807, 2.05) is 0 Å². The van der Waals surface area contributed by atoms with E-state index in [-0.39, 0.29) is 5.92 Å². The number of piperidine rings is 2. The zero-order chi connectivity index (χ0) is 15.5. The number of carbonyl (C=O) groups is 1. The molecule has 2 unspecified atom stereocenters. The first-order valence-corrected chi connectivity index (χ1v) is 8.85. The maximum atomic E-state index is 12.8. The van der Waals surface area contributed by atoms with Gasteiger partial charge in [-0.25, -0.2) is 0 Å². The number of carboxylic acid groups (broad SMARTS) is 1. The first kappa shape index (κ1) is 16.7. The molecule has 0 saturated carbocycles. The van der Waals surface area contributed by atoms with Gasteiger partial charge >= 0.3 is 5.97 Å². The minimum absolute atomic E-state index is 0.187. The number of nitrogens with zero attached hydrogens (tertiary/aromatic N) is 2. The maximum Gasteiger partial charge on any atom is 0.322 e. The number of hydrogen-bond donors (Lipinski definition) is 1. The summed E-state index contributed by atoms with van der Waals surface area (Å²) in [6.45, 7) is 1.71. The third kappa shape index (κ3) is 3.74. The second-order valence-electron chi connectivity index (χ2n) is 5.79. The SMILES string of the molecule is COCC1CCCN(S(=O)(=O)N2CCCCC2C(=O)O)C1. The Kier molecular flexibility index (Phi) is 5.59. The van der Waals surface area contributed by atoms with Gasteiger partial charge in [-0.15, -0.1) is 0 Å². The third-order valence-corrected chi connectivity index (χ3v) is 6.26. The van der Waals surface area contributed by atoms with Gasteiger partial charge < -0.3 is 9.84 Å². The standard InChI is InChI=1S/C13H24N2O5S/c1-20-10-11-5-4-7-14(9-11)21(18,19)15-8-3-2-6-12(15)13(16)17/h11-12H,2-10H2,1H3,(H,16,17). The van der Waals surface area contributed by atoms with Crippen LogP contribution in [-0.4, -0.2) is 67.5 Å². The molecule has 1 N–H and O–H groups in total. The molecular weight excluding hydrogens is 296 g/mol. The molecule has 8 heteroatoms. The van der Waals surface area contributed by atoms with Crippen LogP contribution in [0.2, 0.25) is 0 Å². The monoisotopic (exact) mass is 320 g/mol. The number of methoxy groups -OCH3 is 1. The molecule has 7 nitrogen and oxygen atoms in total. The molecule has 0 aromatic heterocycles. The molecule has 0 amide bonds. The van der Waals surface area contributed by atoms with Crippen LogP contribution < -0.4 is 0 Å². The van der Waals surface area contributed by atoms with Crippen molar-refractivity contribution < 1.29 is 23.1 Å². The van der Waals surface area contributed by atoms with Crippen molar-refractivity contribution in [2.75, 3.05) is 33.4 Å². The van der Waals surface area contributed by atoms with Crippen LogP contribution >= 0.6 is 0 Å². The fourth-order valence-electron chi connectivity index (χ4n) is 3.18. The Hall–Kier alpha value is -0.700. The van der Waals surface area contributed by atoms with Crippen molar-refractivity contribution in [2.45, 2.75) is 38.1 Å². The number of ether oxygens (including phenoxy) is 1. The van der Waals surface area contributed by atoms with Crippen LogP contribution in [0.25, 0.3) is 0 Å². The van der Waals surface area contributed by atoms with Gasteiger partial charge in [0, 0.05) is 26.7 Å². The van der Waals surface area contributed by atoms with Crippen molar-refractivity contribution in [1.82, 2.24) is 8.61 Å². The van der Waals surface area contributed by atoms with Crippen LogP contribution in [0.15, 0.2) is 0 Å². The largest absolute Gasteiger partial charge is 0.480 e. The summed E-state index contributed by atoms with van der Waals surface area (Å²) >= 11 is 0. The summed E-state index contributed by atoms with van der Waals surface area (Å²) in [5.41, 5.74) is 0. The number of aliphatic carboxylic acids is 1. The maximum absolute atomic E-state index is 12.8. The lowest BCUT2D eigenvalue weighted by molar-refractivity contribution is -0.142. The predicted octanol–water partition coefficient (Wildman–Crippen LogP) is 0.529. The zero-order valence-electron chi connectivity index (χ0n) is 12.4. The summed E-state index contributed by atoms with van der Waals surface area (Å²) in [6.07, 6.45) is 3.61. The second-order valence-corrected chi connectivity index (χ2v) is 7.67. The predicted molar refractivity (Wildman–Crippen MR) is 77.1 cm³/mol. The van der Waals surface area contributed by atoms with Crippen molar-refractivity contribution in [1.29, 1.82) is 0 Å². The highest BCUT2D eigenvalue weighted by atomic mass is 32.2. The summed E-state index contributed by atoms with van der Waals surface area (Å²) in [4.78, 5) is 11.3. The Morgan fingerprint density at radius 1 is 1.24 bits per heavy atom. The van der Waals surface area contributed by atoms with Crippen molar-refractivity contribution in [3.63, 3.8) is 0 Å². The molecule has 2 rings (SSSR count). The van der Waals surface area contributed by atoms with Gasteiger partial charge in [0.2, 0.25) is 0 Å². The van der Waals surface area contributed by atoms with Crippen LogP contribution in [0, 0.1) is 5.92 Å². The number of carboxylic acids is 1. The van der Waals surface area contributed by atoms with Crippen LogP contribution in [0.5, 0.6) is 0 Å². The second kappa shape index (κ2) is 7.04. The molecular formula is C13H24N2O5S. The summed E-state index contributed by atoms with van der Waals surface area (Å²) < 4.78 is 33.2. The first-order chi connectivity index (χ1) is 9.96. The van der Waals surface area contributed by atoms with E-state index in [9.17, 15) is 18.3 Å². The van der Waals surface area contributed by atoms with E-state index in [1.165, 1.54) is 8.61 Å². The van der Waals surface area contributed by atoms with E-state index < -0.39 is 22.2 Å². The molecule has 0 aromatic rings. The average Bonchev–Trinajstić information content (AvgIpc) is 2.48. The van der Waals surface area contributed by atoms with E-state index >= 15 is 0 Å². The van der Waals surface area contributed by atoms with Crippen LogP contribution in [0.3, 0.4) is 0 Å². The minimum Gasteiger partial charge on any atom is -0.480 e. The Morgan fingerprint density at radius 2 is 2.00 bits per heavy atom. The smallest absolute Gasteiger partial charge is 0.322 e. The highest BCUT2D eigenvalue weighted by molar-refractivity contribution is 7.86. The molecule has 0 aromatic carbocycles. The van der Waals surface area contributed by atoms with Crippen molar-refractivity contribution in [2.24, 2.45) is 5.92 Å². The highest BCUT2D eigenvalue weighted by Crippen LogP contribution is 2.26. The fraction of sp³-hybridized carbons (Fsp3) is 0.923. The van der Waals surface area contributed by atoms with E-state index in [0.29, 0.717) is 32.7 Å². The molecule has 21 heavy (non-hydrogen) atoms. The number of hydrogen-bond acceptors (Lipinski definition) is 4. The molecule has 2 aliphatic rings. The molecule has 0 aliphatic carbocycles. The first-order valence-electron chi connectivity index (χ1n) is 7.45. The van der Waals surface area contributed by atoms with Gasteiger partial charge in [0.15, 0.2) is 0 Å². The van der Waals surface area contributed by atoms with Crippen molar-refractivity contribution in [3.05, 3.63) is 0 Å². The van der Waals surface area contributed by atoms with Gasteiger partial charge in [-0.3, -0.25) is 4.79 Å². The Morgan fingerprint density at radius 3 is 2.67 bits per heavy atom. The normalized spacial score (nSPS) is 29.4. The minimum atomic E-state index is -3.70. The molecule has 2 heterocycles. The van der Waals surface area contributed by atoms with E-state index in [2.05, 4.69) is 0 Å². The van der Waals surface area contributed by atoms with E-state index in [1.54, 1.807) is 7.11 Å². The van der Waals surface area contributed by atoms with Gasteiger partial charge in [-0.2, -0.15) is 17.0 Å². The molecule has 0 spiro atoms. The topological polar surface area (TPSA) is 87.2 Å². The van der Waals surface area contributed by atoms with Crippen LogP contribution in [0.4, 0.5) is 0 Å². The quantitative estimate of drug-likeness (QED) is 0.798. The van der Waals surface area contributed by atoms with Crippen molar-refractivity contribution in [3.8, 4) is 0 Å². The summed E-state index contributed by atoms with van der Waals surface area (Å²) in [7, 11) is -2.09. The Bertz CT molecular complexity index is 465. The van der Waals surface area contributed by atoms with Gasteiger partial charge in [0.05, 0.1) is 6.61 Å². The number of rotatable bonds is 5.